The zero-order chi connectivity index (χ0) is 22.0. The van der Waals surface area contributed by atoms with Crippen LogP contribution in [0.25, 0.3) is 0 Å². The molecule has 0 saturated heterocycles. The van der Waals surface area contributed by atoms with Crippen LogP contribution in [0.3, 0.4) is 0 Å². The number of nitrogens with zero attached hydrogens (tertiary/aromatic N) is 5. The lowest BCUT2D eigenvalue weighted by atomic mass is 10.0. The molecule has 1 aromatic rings. The van der Waals surface area contributed by atoms with Crippen molar-refractivity contribution in [3.63, 3.8) is 0 Å². The van der Waals surface area contributed by atoms with E-state index in [2.05, 4.69) is 46.5 Å². The van der Waals surface area contributed by atoms with Gasteiger partial charge in [0.15, 0.2) is 11.8 Å². The Labute approximate surface area is 198 Å². The van der Waals surface area contributed by atoms with Crippen LogP contribution in [-0.2, 0) is 17.8 Å². The van der Waals surface area contributed by atoms with Crippen molar-refractivity contribution in [2.75, 3.05) is 20.1 Å². The van der Waals surface area contributed by atoms with Crippen molar-refractivity contribution >= 4 is 36.0 Å². The molecular weight excluding hydrogens is 497 g/mol. The third kappa shape index (κ3) is 10.4. The number of halogens is 1. The van der Waals surface area contributed by atoms with Crippen LogP contribution < -0.4 is 10.6 Å². The molecule has 1 rings (SSSR count). The molecule has 0 radical (unpaired) electrons. The molecule has 1 aromatic heterocycles. The van der Waals surface area contributed by atoms with Crippen LogP contribution in [0.5, 0.6) is 0 Å². The molecule has 0 bridgehead atoms. The number of ether oxygens (including phenoxy) is 1. The Morgan fingerprint density at radius 1 is 1.33 bits per heavy atom. The molecular formula is C20H40IN7O2. The molecule has 1 heterocycles. The standard InChI is InChI=1S/C20H39N7O2.HI/c1-9-21-18(22-13-17-25-23-14-27(17)10-2)26(8)12-11-16(15(3)4)24-19(28)29-20(5,6)7;/h14-16H,9-13H2,1-8H3,(H,21,22)(H,24,28);1H. The smallest absolute Gasteiger partial charge is 0.407 e. The topological polar surface area (TPSA) is 96.7 Å². The first kappa shape index (κ1) is 28.4. The highest BCUT2D eigenvalue weighted by Gasteiger charge is 2.22. The maximum atomic E-state index is 12.2. The van der Waals surface area contributed by atoms with Gasteiger partial charge in [0.2, 0.25) is 0 Å². The minimum Gasteiger partial charge on any atom is -0.444 e. The molecule has 1 atom stereocenters. The summed E-state index contributed by atoms with van der Waals surface area (Å²) in [6.45, 7) is 16.7. The summed E-state index contributed by atoms with van der Waals surface area (Å²) >= 11 is 0. The number of hydrogen-bond donors (Lipinski definition) is 2. The maximum absolute atomic E-state index is 12.2. The van der Waals surface area contributed by atoms with Gasteiger partial charge in [-0.25, -0.2) is 9.79 Å². The van der Waals surface area contributed by atoms with Crippen LogP contribution in [0, 0.1) is 5.92 Å². The highest BCUT2D eigenvalue weighted by Crippen LogP contribution is 2.11. The molecule has 174 valence electrons. The Hall–Kier alpha value is -1.59. The summed E-state index contributed by atoms with van der Waals surface area (Å²) in [6.07, 6.45) is 2.12. The number of nitrogens with one attached hydrogen (secondary N) is 2. The Morgan fingerprint density at radius 3 is 2.53 bits per heavy atom. The maximum Gasteiger partial charge on any atom is 0.407 e. The van der Waals surface area contributed by atoms with E-state index in [1.807, 2.05) is 39.3 Å². The lowest BCUT2D eigenvalue weighted by Crippen LogP contribution is -2.45. The first-order valence-electron chi connectivity index (χ1n) is 10.4. The van der Waals surface area contributed by atoms with Gasteiger partial charge in [-0.2, -0.15) is 0 Å². The highest BCUT2D eigenvalue weighted by molar-refractivity contribution is 14.0. The normalized spacial score (nSPS) is 12.9. The molecule has 0 saturated carbocycles. The molecule has 2 N–H and O–H groups in total. The zero-order valence-corrected chi connectivity index (χ0v) is 22.1. The molecule has 0 aliphatic rings. The number of rotatable bonds is 9. The molecule has 0 aliphatic carbocycles. The van der Waals surface area contributed by atoms with E-state index in [1.165, 1.54) is 0 Å². The number of aliphatic imine (C=N–C) groups is 1. The zero-order valence-electron chi connectivity index (χ0n) is 19.7. The minimum atomic E-state index is -0.508. The van der Waals surface area contributed by atoms with Crippen molar-refractivity contribution in [1.29, 1.82) is 0 Å². The lowest BCUT2D eigenvalue weighted by molar-refractivity contribution is 0.0486. The molecule has 9 nitrogen and oxygen atoms in total. The van der Waals surface area contributed by atoms with Gasteiger partial charge in [-0.3, -0.25) is 0 Å². The fourth-order valence-electron chi connectivity index (χ4n) is 2.75. The van der Waals surface area contributed by atoms with Gasteiger partial charge in [0, 0.05) is 32.7 Å². The van der Waals surface area contributed by atoms with Crippen LogP contribution in [0.1, 0.15) is 60.7 Å². The van der Waals surface area contributed by atoms with Crippen molar-refractivity contribution in [3.05, 3.63) is 12.2 Å². The number of guanidine groups is 1. The number of carbonyl (C=O) groups is 1. The fourth-order valence-corrected chi connectivity index (χ4v) is 2.75. The van der Waals surface area contributed by atoms with Crippen LogP contribution in [0.2, 0.25) is 0 Å². The number of hydrogen-bond acceptors (Lipinski definition) is 5. The minimum absolute atomic E-state index is 0. The quantitative estimate of drug-likeness (QED) is 0.285. The van der Waals surface area contributed by atoms with Gasteiger partial charge >= 0.3 is 6.09 Å². The Morgan fingerprint density at radius 2 is 2.00 bits per heavy atom. The molecule has 0 fully saturated rings. The van der Waals surface area contributed by atoms with E-state index < -0.39 is 5.60 Å². The molecule has 1 unspecified atom stereocenters. The number of alkyl carbamates (subject to hydrolysis) is 1. The number of amides is 1. The van der Waals surface area contributed by atoms with Gasteiger partial charge in [0.05, 0.1) is 0 Å². The van der Waals surface area contributed by atoms with E-state index >= 15 is 0 Å². The molecule has 30 heavy (non-hydrogen) atoms. The summed E-state index contributed by atoms with van der Waals surface area (Å²) in [6, 6.07) is 0.0124. The third-order valence-electron chi connectivity index (χ3n) is 4.39. The molecule has 0 aliphatic heterocycles. The summed E-state index contributed by atoms with van der Waals surface area (Å²) in [4.78, 5) is 18.9. The Kier molecular flexibility index (Phi) is 12.9. The van der Waals surface area contributed by atoms with Gasteiger partial charge < -0.3 is 24.8 Å². The lowest BCUT2D eigenvalue weighted by Gasteiger charge is -2.28. The van der Waals surface area contributed by atoms with Crippen molar-refractivity contribution < 1.29 is 9.53 Å². The summed E-state index contributed by atoms with van der Waals surface area (Å²) in [7, 11) is 2.00. The SMILES string of the molecule is CCNC(=NCc1nncn1CC)N(C)CCC(NC(=O)OC(C)(C)C)C(C)C.I. The van der Waals surface area contributed by atoms with Crippen LogP contribution in [0.15, 0.2) is 11.3 Å². The summed E-state index contributed by atoms with van der Waals surface area (Å²) in [5, 5.41) is 14.4. The third-order valence-corrected chi connectivity index (χ3v) is 4.39. The first-order valence-corrected chi connectivity index (χ1v) is 10.4. The summed E-state index contributed by atoms with van der Waals surface area (Å²) in [5.74, 6) is 1.93. The van der Waals surface area contributed by atoms with E-state index in [-0.39, 0.29) is 36.1 Å². The van der Waals surface area contributed by atoms with Gasteiger partial charge in [-0.15, -0.1) is 34.2 Å². The number of aryl methyl sites for hydroxylation is 1. The highest BCUT2D eigenvalue weighted by atomic mass is 127. The van der Waals surface area contributed by atoms with Crippen molar-refractivity contribution in [2.24, 2.45) is 10.9 Å². The first-order chi connectivity index (χ1) is 13.6. The fraction of sp³-hybridized carbons (Fsp3) is 0.800. The monoisotopic (exact) mass is 537 g/mol. The van der Waals surface area contributed by atoms with Crippen molar-refractivity contribution in [3.8, 4) is 0 Å². The average molecular weight is 537 g/mol. The predicted octanol–water partition coefficient (Wildman–Crippen LogP) is 3.25. The van der Waals surface area contributed by atoms with E-state index in [4.69, 9.17) is 9.73 Å². The second kappa shape index (κ2) is 13.7. The second-order valence-electron chi connectivity index (χ2n) is 8.41. The van der Waals surface area contributed by atoms with Crippen LogP contribution in [0.4, 0.5) is 4.79 Å². The molecule has 1 amide bonds. The van der Waals surface area contributed by atoms with Gasteiger partial charge in [-0.05, 0) is 47.0 Å². The number of carbonyl (C=O) groups excluding carboxylic acids is 1. The second-order valence-corrected chi connectivity index (χ2v) is 8.41. The van der Waals surface area contributed by atoms with Gasteiger partial charge in [0.1, 0.15) is 18.5 Å². The van der Waals surface area contributed by atoms with Crippen LogP contribution >= 0.6 is 24.0 Å². The summed E-state index contributed by atoms with van der Waals surface area (Å²) < 4.78 is 7.38. The van der Waals surface area contributed by atoms with Gasteiger partial charge in [-0.1, -0.05) is 13.8 Å². The average Bonchev–Trinajstić information content (AvgIpc) is 3.07. The van der Waals surface area contributed by atoms with E-state index in [1.54, 1.807) is 6.33 Å². The molecule has 0 aromatic carbocycles. The Balaban J connectivity index is 0.00000841. The van der Waals surface area contributed by atoms with E-state index in [0.29, 0.717) is 12.5 Å². The van der Waals surface area contributed by atoms with Gasteiger partial charge in [0.25, 0.3) is 0 Å². The molecule has 10 heteroatoms. The molecule has 0 spiro atoms. The van der Waals surface area contributed by atoms with E-state index in [0.717, 1.165) is 37.8 Å². The summed E-state index contributed by atoms with van der Waals surface area (Å²) in [5.41, 5.74) is -0.508. The predicted molar refractivity (Wildman–Crippen MR) is 131 cm³/mol. The number of aromatic nitrogens is 3. The van der Waals surface area contributed by atoms with Crippen molar-refractivity contribution in [2.45, 2.75) is 79.6 Å². The van der Waals surface area contributed by atoms with E-state index in [9.17, 15) is 4.79 Å². The van der Waals surface area contributed by atoms with Crippen molar-refractivity contribution in [1.82, 2.24) is 30.3 Å². The Bertz CT molecular complexity index is 656. The largest absolute Gasteiger partial charge is 0.444 e. The van der Waals surface area contributed by atoms with Crippen LogP contribution in [-0.4, -0.2) is 63.5 Å².